The molecule has 1 aromatic carbocycles. The Kier molecular flexibility index (Phi) is 4.80. The van der Waals surface area contributed by atoms with Crippen molar-refractivity contribution in [1.82, 2.24) is 0 Å². The van der Waals surface area contributed by atoms with E-state index in [4.69, 9.17) is 13.8 Å². The number of rotatable bonds is 6. The fourth-order valence-corrected chi connectivity index (χ4v) is 3.94. The van der Waals surface area contributed by atoms with Gasteiger partial charge in [-0.05, 0) is 25.3 Å². The smallest absolute Gasteiger partial charge is 0.333 e. The number of benzene rings is 1. The highest BCUT2D eigenvalue weighted by Gasteiger charge is 2.44. The number of aryl methyl sites for hydroxylation is 1. The maximum absolute atomic E-state index is 12.1. The Morgan fingerprint density at radius 2 is 1.74 bits per heavy atom. The Balaban J connectivity index is 1.76. The average molecular weight is 284 g/mol. The zero-order chi connectivity index (χ0) is 13.9. The third-order valence-electron chi connectivity index (χ3n) is 3.63. The van der Waals surface area contributed by atoms with E-state index in [-0.39, 0.29) is 11.8 Å². The van der Waals surface area contributed by atoms with Gasteiger partial charge in [0, 0.05) is 14.2 Å². The summed E-state index contributed by atoms with van der Waals surface area (Å²) < 4.78 is 27.9. The molecule has 0 aromatic heterocycles. The van der Waals surface area contributed by atoms with Crippen LogP contribution in [0.5, 0.6) is 0 Å². The normalized spacial score (nSPS) is 23.1. The molecule has 1 fully saturated rings. The van der Waals surface area contributed by atoms with E-state index in [2.05, 4.69) is 31.2 Å². The first-order valence-electron chi connectivity index (χ1n) is 6.45. The van der Waals surface area contributed by atoms with Crippen molar-refractivity contribution in [2.45, 2.75) is 38.1 Å². The molecule has 4 nitrogen and oxygen atoms in total. The summed E-state index contributed by atoms with van der Waals surface area (Å²) in [6, 6.07) is 8.29. The second-order valence-corrected chi connectivity index (χ2v) is 7.49. The second-order valence-electron chi connectivity index (χ2n) is 4.95. The van der Waals surface area contributed by atoms with Crippen molar-refractivity contribution in [3.8, 4) is 0 Å². The van der Waals surface area contributed by atoms with Gasteiger partial charge in [0.05, 0.1) is 18.4 Å². The third-order valence-corrected chi connectivity index (χ3v) is 5.97. The van der Waals surface area contributed by atoms with Crippen LogP contribution < -0.4 is 0 Å². The Bertz CT molecular complexity index is 443. The molecule has 0 atom stereocenters. The molecule has 0 radical (unpaired) electrons. The minimum absolute atomic E-state index is 0.0227. The van der Waals surface area contributed by atoms with Crippen molar-refractivity contribution in [3.05, 3.63) is 35.4 Å². The summed E-state index contributed by atoms with van der Waals surface area (Å²) >= 11 is 0. The zero-order valence-corrected chi connectivity index (χ0v) is 12.6. The van der Waals surface area contributed by atoms with Crippen molar-refractivity contribution < 1.29 is 18.3 Å². The van der Waals surface area contributed by atoms with Gasteiger partial charge >= 0.3 is 7.60 Å². The summed E-state index contributed by atoms with van der Waals surface area (Å²) in [5.41, 5.74) is 2.38. The van der Waals surface area contributed by atoms with Crippen LogP contribution in [0, 0.1) is 6.92 Å². The van der Waals surface area contributed by atoms with Gasteiger partial charge in [0.25, 0.3) is 0 Å². The van der Waals surface area contributed by atoms with E-state index in [1.807, 2.05) is 0 Å². The van der Waals surface area contributed by atoms with Gasteiger partial charge in [-0.15, -0.1) is 0 Å². The summed E-state index contributed by atoms with van der Waals surface area (Å²) in [4.78, 5) is 0. The molecule has 1 saturated carbocycles. The predicted molar refractivity (Wildman–Crippen MR) is 74.4 cm³/mol. The van der Waals surface area contributed by atoms with E-state index in [0.29, 0.717) is 6.61 Å². The molecule has 1 aromatic rings. The maximum Gasteiger partial charge on any atom is 0.333 e. The van der Waals surface area contributed by atoms with E-state index < -0.39 is 7.60 Å². The number of ether oxygens (including phenoxy) is 1. The molecule has 0 bridgehead atoms. The van der Waals surface area contributed by atoms with Crippen LogP contribution in [0.2, 0.25) is 0 Å². The van der Waals surface area contributed by atoms with Crippen molar-refractivity contribution in [2.75, 3.05) is 14.2 Å². The molecule has 0 N–H and O–H groups in total. The van der Waals surface area contributed by atoms with Crippen LogP contribution in [0.15, 0.2) is 24.3 Å². The highest BCUT2D eigenvalue weighted by atomic mass is 31.2. The first-order valence-corrected chi connectivity index (χ1v) is 8.07. The van der Waals surface area contributed by atoms with Crippen molar-refractivity contribution in [2.24, 2.45) is 0 Å². The van der Waals surface area contributed by atoms with Crippen LogP contribution in [0.3, 0.4) is 0 Å². The van der Waals surface area contributed by atoms with Gasteiger partial charge in [-0.2, -0.15) is 0 Å². The molecule has 5 heteroatoms. The first kappa shape index (κ1) is 14.7. The lowest BCUT2D eigenvalue weighted by Crippen LogP contribution is -2.36. The second kappa shape index (κ2) is 6.19. The van der Waals surface area contributed by atoms with E-state index in [9.17, 15) is 4.57 Å². The van der Waals surface area contributed by atoms with Gasteiger partial charge in [0.2, 0.25) is 0 Å². The molecule has 1 aliphatic carbocycles. The molecule has 0 saturated heterocycles. The predicted octanol–water partition coefficient (Wildman–Crippen LogP) is 3.53. The molecule has 0 aliphatic heterocycles. The standard InChI is InChI=1S/C14H21O4P/c1-11-4-6-12(7-5-11)10-18-13-8-14(9-13)19(15,16-2)17-3/h4-7,13-14H,8-10H2,1-3H3. The fraction of sp³-hybridized carbons (Fsp3) is 0.571. The van der Waals surface area contributed by atoms with Crippen molar-refractivity contribution in [1.29, 1.82) is 0 Å². The SMILES string of the molecule is COP(=O)(OC)C1CC(OCc2ccc(C)cc2)C1. The number of hydrogen-bond acceptors (Lipinski definition) is 4. The largest absolute Gasteiger partial charge is 0.373 e. The molecule has 19 heavy (non-hydrogen) atoms. The molecule has 106 valence electrons. The highest BCUT2D eigenvalue weighted by Crippen LogP contribution is 2.59. The summed E-state index contributed by atoms with van der Waals surface area (Å²) in [5.74, 6) is 0. The highest BCUT2D eigenvalue weighted by molar-refractivity contribution is 7.54. The van der Waals surface area contributed by atoms with E-state index in [1.165, 1.54) is 19.8 Å². The van der Waals surface area contributed by atoms with Gasteiger partial charge in [0.1, 0.15) is 0 Å². The minimum atomic E-state index is -2.90. The first-order chi connectivity index (χ1) is 9.07. The Morgan fingerprint density at radius 1 is 1.16 bits per heavy atom. The van der Waals surface area contributed by atoms with Gasteiger partial charge in [-0.3, -0.25) is 4.57 Å². The van der Waals surface area contributed by atoms with Gasteiger partial charge in [-0.25, -0.2) is 0 Å². The van der Waals surface area contributed by atoms with Crippen molar-refractivity contribution in [3.63, 3.8) is 0 Å². The molecule has 0 heterocycles. The van der Waals surface area contributed by atoms with Crippen LogP contribution >= 0.6 is 7.60 Å². The minimum Gasteiger partial charge on any atom is -0.373 e. The average Bonchev–Trinajstić information content (AvgIpc) is 2.38. The Labute approximate surface area is 114 Å². The van der Waals surface area contributed by atoms with Crippen molar-refractivity contribution >= 4 is 7.60 Å². The van der Waals surface area contributed by atoms with E-state index in [1.54, 1.807) is 0 Å². The Morgan fingerprint density at radius 3 is 2.26 bits per heavy atom. The van der Waals surface area contributed by atoms with Gasteiger partial charge in [0.15, 0.2) is 0 Å². The lowest BCUT2D eigenvalue weighted by atomic mass is 9.95. The van der Waals surface area contributed by atoms with Gasteiger partial charge < -0.3 is 13.8 Å². The zero-order valence-electron chi connectivity index (χ0n) is 11.7. The lowest BCUT2D eigenvalue weighted by molar-refractivity contribution is -0.0113. The number of hydrogen-bond donors (Lipinski definition) is 0. The van der Waals surface area contributed by atoms with Crippen LogP contribution in [-0.2, 0) is 25.0 Å². The summed E-state index contributed by atoms with van der Waals surface area (Å²) in [7, 11) is -0.0343. The monoisotopic (exact) mass is 284 g/mol. The third kappa shape index (κ3) is 3.46. The van der Waals surface area contributed by atoms with Crippen LogP contribution in [-0.4, -0.2) is 26.0 Å². The van der Waals surface area contributed by atoms with Gasteiger partial charge in [-0.1, -0.05) is 29.8 Å². The molecule has 2 rings (SSSR count). The molecule has 0 unspecified atom stereocenters. The van der Waals surface area contributed by atoms with Crippen LogP contribution in [0.1, 0.15) is 24.0 Å². The topological polar surface area (TPSA) is 44.8 Å². The van der Waals surface area contributed by atoms with E-state index in [0.717, 1.165) is 18.4 Å². The molecule has 1 aliphatic rings. The molecule has 0 amide bonds. The Hall–Kier alpha value is -0.670. The lowest BCUT2D eigenvalue weighted by Gasteiger charge is -2.37. The quantitative estimate of drug-likeness (QED) is 0.750. The molecular formula is C14H21O4P. The fourth-order valence-electron chi connectivity index (χ4n) is 2.20. The maximum atomic E-state index is 12.1. The summed E-state index contributed by atoms with van der Waals surface area (Å²) in [6.45, 7) is 2.66. The molecular weight excluding hydrogens is 263 g/mol. The molecule has 0 spiro atoms. The van der Waals surface area contributed by atoms with E-state index >= 15 is 0 Å². The summed E-state index contributed by atoms with van der Waals surface area (Å²) in [6.07, 6.45) is 1.64. The van der Waals surface area contributed by atoms with Crippen LogP contribution in [0.25, 0.3) is 0 Å². The summed E-state index contributed by atoms with van der Waals surface area (Å²) in [5, 5.41) is 0. The van der Waals surface area contributed by atoms with Crippen LogP contribution in [0.4, 0.5) is 0 Å².